The summed E-state index contributed by atoms with van der Waals surface area (Å²) in [5.41, 5.74) is 0.383. The number of pyridine rings is 1. The van der Waals surface area contributed by atoms with Gasteiger partial charge >= 0.3 is 0 Å². The van der Waals surface area contributed by atoms with E-state index in [1.807, 2.05) is 11.8 Å². The second-order valence-corrected chi connectivity index (χ2v) is 4.89. The van der Waals surface area contributed by atoms with E-state index in [-0.39, 0.29) is 11.8 Å². The predicted molar refractivity (Wildman–Crippen MR) is 75.2 cm³/mol. The highest BCUT2D eigenvalue weighted by molar-refractivity contribution is 5.94. The zero-order valence-corrected chi connectivity index (χ0v) is 12.0. The first-order valence-electron chi connectivity index (χ1n) is 7.00. The molecule has 114 valence electrons. The van der Waals surface area contributed by atoms with E-state index < -0.39 is 5.95 Å². The van der Waals surface area contributed by atoms with Gasteiger partial charge in [0.25, 0.3) is 5.91 Å². The fraction of sp³-hybridized carbons (Fsp3) is 0.500. The molecule has 1 N–H and O–H groups in total. The van der Waals surface area contributed by atoms with Crippen molar-refractivity contribution in [2.75, 3.05) is 39.3 Å². The first-order chi connectivity index (χ1) is 10.1. The van der Waals surface area contributed by atoms with Crippen LogP contribution in [0.25, 0.3) is 0 Å². The molecule has 1 saturated heterocycles. The van der Waals surface area contributed by atoms with Crippen LogP contribution in [0.2, 0.25) is 0 Å². The Morgan fingerprint density at radius 2 is 2.00 bits per heavy atom. The lowest BCUT2D eigenvalue weighted by molar-refractivity contribution is -0.122. The van der Waals surface area contributed by atoms with Crippen LogP contribution in [0.1, 0.15) is 17.3 Å². The maximum atomic E-state index is 12.7. The number of nitrogens with one attached hydrogen (secondary N) is 1. The summed E-state index contributed by atoms with van der Waals surface area (Å²) in [5.74, 6) is -0.751. The minimum absolute atomic E-state index is 0.0000103. The van der Waals surface area contributed by atoms with Gasteiger partial charge in [-0.3, -0.25) is 14.5 Å². The summed E-state index contributed by atoms with van der Waals surface area (Å²) < 4.78 is 12.7. The van der Waals surface area contributed by atoms with Crippen LogP contribution in [-0.2, 0) is 4.79 Å². The molecular weight excluding hydrogens is 275 g/mol. The molecule has 2 rings (SSSR count). The summed E-state index contributed by atoms with van der Waals surface area (Å²) >= 11 is 0. The summed E-state index contributed by atoms with van der Waals surface area (Å²) in [6.07, 6.45) is 1.25. The molecule has 0 spiro atoms. The maximum Gasteiger partial charge on any atom is 0.255 e. The van der Waals surface area contributed by atoms with Crippen molar-refractivity contribution in [2.45, 2.75) is 6.92 Å². The minimum Gasteiger partial charge on any atom is -0.355 e. The van der Waals surface area contributed by atoms with E-state index in [0.717, 1.165) is 0 Å². The number of amides is 2. The Kier molecular flexibility index (Phi) is 5.21. The van der Waals surface area contributed by atoms with Crippen molar-refractivity contribution < 1.29 is 14.0 Å². The fourth-order valence-electron chi connectivity index (χ4n) is 2.25. The summed E-state index contributed by atoms with van der Waals surface area (Å²) in [4.78, 5) is 30.9. The summed E-state index contributed by atoms with van der Waals surface area (Å²) in [7, 11) is 0. The molecule has 0 radical (unpaired) electrons. The number of likely N-dealkylation sites (N-methyl/N-ethyl adjacent to an activating group) is 1. The van der Waals surface area contributed by atoms with E-state index in [1.54, 1.807) is 4.90 Å². The highest BCUT2D eigenvalue weighted by Gasteiger charge is 2.23. The molecule has 2 amide bonds. The number of nitrogens with zero attached hydrogens (tertiary/aromatic N) is 3. The fourth-order valence-corrected chi connectivity index (χ4v) is 2.25. The van der Waals surface area contributed by atoms with Crippen molar-refractivity contribution in [3.63, 3.8) is 0 Å². The number of hydrogen-bond donors (Lipinski definition) is 1. The lowest BCUT2D eigenvalue weighted by Gasteiger charge is -2.34. The third-order valence-corrected chi connectivity index (χ3v) is 3.37. The molecule has 1 aromatic heterocycles. The van der Waals surface area contributed by atoms with Crippen molar-refractivity contribution >= 4 is 11.8 Å². The molecule has 6 nitrogen and oxygen atoms in total. The summed E-state index contributed by atoms with van der Waals surface area (Å²) in [5, 5.41) is 2.75. The van der Waals surface area contributed by atoms with E-state index in [0.29, 0.717) is 44.8 Å². The molecule has 0 bridgehead atoms. The van der Waals surface area contributed by atoms with Crippen molar-refractivity contribution in [3.8, 4) is 0 Å². The van der Waals surface area contributed by atoms with Crippen LogP contribution in [0.15, 0.2) is 18.3 Å². The SMILES string of the molecule is CCNC(=O)CN1CCN(C(=O)c2ccc(F)nc2)CC1. The summed E-state index contributed by atoms with van der Waals surface area (Å²) in [6.45, 7) is 5.26. The number of carbonyl (C=O) groups excluding carboxylic acids is 2. The van der Waals surface area contributed by atoms with Gasteiger partial charge in [0.05, 0.1) is 12.1 Å². The highest BCUT2D eigenvalue weighted by Crippen LogP contribution is 2.08. The standard InChI is InChI=1S/C14H19FN4O2/c1-2-16-13(20)10-18-5-7-19(8-6-18)14(21)11-3-4-12(15)17-9-11/h3-4,9H,2,5-8,10H2,1H3,(H,16,20). The van der Waals surface area contributed by atoms with Crippen molar-refractivity contribution in [3.05, 3.63) is 29.8 Å². The van der Waals surface area contributed by atoms with Gasteiger partial charge in [-0.05, 0) is 19.1 Å². The molecule has 1 aromatic rings. The average molecular weight is 294 g/mol. The van der Waals surface area contributed by atoms with Gasteiger partial charge in [-0.2, -0.15) is 4.39 Å². The third-order valence-electron chi connectivity index (χ3n) is 3.37. The van der Waals surface area contributed by atoms with Gasteiger partial charge in [0.1, 0.15) is 0 Å². The van der Waals surface area contributed by atoms with E-state index >= 15 is 0 Å². The molecule has 1 aliphatic rings. The van der Waals surface area contributed by atoms with Crippen LogP contribution in [0.4, 0.5) is 4.39 Å². The minimum atomic E-state index is -0.599. The molecule has 2 heterocycles. The molecule has 1 fully saturated rings. The van der Waals surface area contributed by atoms with E-state index in [4.69, 9.17) is 0 Å². The first-order valence-corrected chi connectivity index (χ1v) is 7.00. The van der Waals surface area contributed by atoms with E-state index in [2.05, 4.69) is 10.3 Å². The van der Waals surface area contributed by atoms with Crippen LogP contribution >= 0.6 is 0 Å². The smallest absolute Gasteiger partial charge is 0.255 e. The Balaban J connectivity index is 1.84. The van der Waals surface area contributed by atoms with Gasteiger partial charge in [0.2, 0.25) is 11.9 Å². The molecule has 1 aliphatic heterocycles. The maximum absolute atomic E-state index is 12.7. The quantitative estimate of drug-likeness (QED) is 0.801. The van der Waals surface area contributed by atoms with E-state index in [1.165, 1.54) is 18.3 Å². The predicted octanol–water partition coefficient (Wildman–Crippen LogP) is 0.115. The average Bonchev–Trinajstić information content (AvgIpc) is 2.48. The Morgan fingerprint density at radius 3 is 2.57 bits per heavy atom. The van der Waals surface area contributed by atoms with Gasteiger partial charge in [-0.1, -0.05) is 0 Å². The van der Waals surface area contributed by atoms with Gasteiger partial charge in [0.15, 0.2) is 0 Å². The number of halogens is 1. The van der Waals surface area contributed by atoms with Gasteiger partial charge < -0.3 is 10.2 Å². The van der Waals surface area contributed by atoms with Gasteiger partial charge in [-0.15, -0.1) is 0 Å². The molecule has 0 atom stereocenters. The molecule has 0 saturated carbocycles. The summed E-state index contributed by atoms with van der Waals surface area (Å²) in [6, 6.07) is 2.62. The molecular formula is C14H19FN4O2. The molecule has 7 heteroatoms. The third kappa shape index (κ3) is 4.22. The van der Waals surface area contributed by atoms with Crippen LogP contribution in [0.3, 0.4) is 0 Å². The Morgan fingerprint density at radius 1 is 1.29 bits per heavy atom. The Bertz CT molecular complexity index is 498. The van der Waals surface area contributed by atoms with Crippen LogP contribution in [0, 0.1) is 5.95 Å². The molecule has 0 aliphatic carbocycles. The largest absolute Gasteiger partial charge is 0.355 e. The first kappa shape index (κ1) is 15.4. The lowest BCUT2D eigenvalue weighted by Crippen LogP contribution is -2.51. The molecule has 21 heavy (non-hydrogen) atoms. The topological polar surface area (TPSA) is 65.5 Å². The van der Waals surface area contributed by atoms with Crippen molar-refractivity contribution in [1.29, 1.82) is 0 Å². The van der Waals surface area contributed by atoms with Crippen molar-refractivity contribution in [2.24, 2.45) is 0 Å². The molecule has 0 unspecified atom stereocenters. The Hall–Kier alpha value is -2.02. The normalized spacial score (nSPS) is 15.8. The number of carbonyl (C=O) groups is 2. The number of rotatable bonds is 4. The number of aromatic nitrogens is 1. The number of piperazine rings is 1. The van der Waals surface area contributed by atoms with Crippen LogP contribution in [-0.4, -0.2) is 65.9 Å². The van der Waals surface area contributed by atoms with E-state index in [9.17, 15) is 14.0 Å². The number of hydrogen-bond acceptors (Lipinski definition) is 4. The zero-order chi connectivity index (χ0) is 15.2. The zero-order valence-electron chi connectivity index (χ0n) is 12.0. The second-order valence-electron chi connectivity index (χ2n) is 4.89. The van der Waals surface area contributed by atoms with Gasteiger partial charge in [-0.25, -0.2) is 4.98 Å². The van der Waals surface area contributed by atoms with Crippen LogP contribution < -0.4 is 5.32 Å². The van der Waals surface area contributed by atoms with Gasteiger partial charge in [0, 0.05) is 38.9 Å². The lowest BCUT2D eigenvalue weighted by atomic mass is 10.2. The Labute approximate surface area is 122 Å². The monoisotopic (exact) mass is 294 g/mol. The van der Waals surface area contributed by atoms with Crippen LogP contribution in [0.5, 0.6) is 0 Å². The van der Waals surface area contributed by atoms with Crippen molar-refractivity contribution in [1.82, 2.24) is 20.1 Å². The molecule has 0 aromatic carbocycles. The second kappa shape index (κ2) is 7.12. The highest BCUT2D eigenvalue weighted by atomic mass is 19.1.